The van der Waals surface area contributed by atoms with Crippen molar-refractivity contribution in [3.8, 4) is 11.5 Å². The third-order valence-electron chi connectivity index (χ3n) is 3.55. The molecule has 0 unspecified atom stereocenters. The number of fused-ring (bicyclic) bond motifs is 1. The van der Waals surface area contributed by atoms with Gasteiger partial charge in [-0.1, -0.05) is 0 Å². The number of methoxy groups -OCH3 is 2. The second kappa shape index (κ2) is 5.16. The fourth-order valence-electron chi connectivity index (χ4n) is 2.50. The van der Waals surface area contributed by atoms with E-state index >= 15 is 0 Å². The standard InChI is InChI=1S/C14H21NO3/c1-9(2)15-7-10-12(17-3)5-6-13(18-4)14(10)11(16)8-15/h5-6,9,11,16H,7-8H2,1-4H3/t11-/m0/s1. The molecule has 4 nitrogen and oxygen atoms in total. The molecule has 18 heavy (non-hydrogen) atoms. The highest BCUT2D eigenvalue weighted by molar-refractivity contribution is 5.51. The van der Waals surface area contributed by atoms with Crippen molar-refractivity contribution in [2.24, 2.45) is 0 Å². The highest BCUT2D eigenvalue weighted by atomic mass is 16.5. The number of aliphatic hydroxyl groups is 1. The zero-order valence-electron chi connectivity index (χ0n) is 11.4. The SMILES string of the molecule is COc1ccc(OC)c2c1CN(C(C)C)C[C@@H]2O. The first-order valence-electron chi connectivity index (χ1n) is 6.24. The van der Waals surface area contributed by atoms with Gasteiger partial charge in [-0.3, -0.25) is 4.90 Å². The predicted molar refractivity (Wildman–Crippen MR) is 70.1 cm³/mol. The van der Waals surface area contributed by atoms with Crippen LogP contribution in [-0.2, 0) is 6.54 Å². The van der Waals surface area contributed by atoms with Gasteiger partial charge >= 0.3 is 0 Å². The van der Waals surface area contributed by atoms with Gasteiger partial charge in [0.25, 0.3) is 0 Å². The molecular formula is C14H21NO3. The van der Waals surface area contributed by atoms with Gasteiger partial charge in [-0.15, -0.1) is 0 Å². The van der Waals surface area contributed by atoms with Crippen molar-refractivity contribution >= 4 is 0 Å². The number of benzene rings is 1. The number of nitrogens with zero attached hydrogens (tertiary/aromatic N) is 1. The van der Waals surface area contributed by atoms with Crippen molar-refractivity contribution < 1.29 is 14.6 Å². The Morgan fingerprint density at radius 3 is 2.39 bits per heavy atom. The third-order valence-corrected chi connectivity index (χ3v) is 3.55. The average Bonchev–Trinajstić information content (AvgIpc) is 2.37. The number of ether oxygens (including phenoxy) is 2. The Kier molecular flexibility index (Phi) is 3.78. The van der Waals surface area contributed by atoms with E-state index in [-0.39, 0.29) is 0 Å². The van der Waals surface area contributed by atoms with Crippen LogP contribution in [0.5, 0.6) is 11.5 Å². The monoisotopic (exact) mass is 251 g/mol. The van der Waals surface area contributed by atoms with Crippen LogP contribution in [0, 0.1) is 0 Å². The summed E-state index contributed by atoms with van der Waals surface area (Å²) in [7, 11) is 3.28. The lowest BCUT2D eigenvalue weighted by Gasteiger charge is -2.36. The molecule has 1 aromatic carbocycles. The second-order valence-electron chi connectivity index (χ2n) is 4.90. The molecule has 1 heterocycles. The lowest BCUT2D eigenvalue weighted by Crippen LogP contribution is -2.38. The molecule has 0 amide bonds. The Hall–Kier alpha value is -1.26. The highest BCUT2D eigenvalue weighted by Crippen LogP contribution is 2.39. The van der Waals surface area contributed by atoms with Crippen LogP contribution < -0.4 is 9.47 Å². The minimum absolute atomic E-state index is 0.392. The number of rotatable bonds is 3. The Labute approximate surface area is 108 Å². The first-order chi connectivity index (χ1) is 8.58. The Balaban J connectivity index is 2.49. The van der Waals surface area contributed by atoms with Crippen molar-refractivity contribution in [1.82, 2.24) is 4.90 Å². The van der Waals surface area contributed by atoms with Gasteiger partial charge in [0.05, 0.1) is 20.3 Å². The van der Waals surface area contributed by atoms with Crippen LogP contribution >= 0.6 is 0 Å². The first-order valence-corrected chi connectivity index (χ1v) is 6.24. The van der Waals surface area contributed by atoms with E-state index in [1.165, 1.54) is 0 Å². The van der Waals surface area contributed by atoms with Gasteiger partial charge in [-0.2, -0.15) is 0 Å². The van der Waals surface area contributed by atoms with Gasteiger partial charge in [0, 0.05) is 30.3 Å². The quantitative estimate of drug-likeness (QED) is 0.891. The summed E-state index contributed by atoms with van der Waals surface area (Å²) in [6.07, 6.45) is -0.527. The molecule has 0 fully saturated rings. The second-order valence-corrected chi connectivity index (χ2v) is 4.90. The van der Waals surface area contributed by atoms with Gasteiger partial charge in [0.15, 0.2) is 0 Å². The van der Waals surface area contributed by atoms with E-state index in [0.29, 0.717) is 12.6 Å². The van der Waals surface area contributed by atoms with Crippen molar-refractivity contribution in [2.75, 3.05) is 20.8 Å². The maximum atomic E-state index is 10.3. The summed E-state index contributed by atoms with van der Waals surface area (Å²) in [5.74, 6) is 1.55. The molecular weight excluding hydrogens is 230 g/mol. The van der Waals surface area contributed by atoms with Crippen LogP contribution in [-0.4, -0.2) is 36.8 Å². The summed E-state index contributed by atoms with van der Waals surface area (Å²) < 4.78 is 10.7. The minimum atomic E-state index is -0.527. The molecule has 0 aliphatic carbocycles. The van der Waals surface area contributed by atoms with Gasteiger partial charge < -0.3 is 14.6 Å². The molecule has 2 rings (SSSR count). The summed E-state index contributed by atoms with van der Waals surface area (Å²) in [6.45, 7) is 5.67. The topological polar surface area (TPSA) is 41.9 Å². The van der Waals surface area contributed by atoms with E-state index in [4.69, 9.17) is 9.47 Å². The predicted octanol–water partition coefficient (Wildman–Crippen LogP) is 1.96. The molecule has 0 spiro atoms. The molecule has 0 aromatic heterocycles. The Bertz CT molecular complexity index is 431. The van der Waals surface area contributed by atoms with Gasteiger partial charge in [-0.05, 0) is 26.0 Å². The van der Waals surface area contributed by atoms with Gasteiger partial charge in [-0.25, -0.2) is 0 Å². The highest BCUT2D eigenvalue weighted by Gasteiger charge is 2.30. The van der Waals surface area contributed by atoms with E-state index in [2.05, 4.69) is 18.7 Å². The molecule has 4 heteroatoms. The largest absolute Gasteiger partial charge is 0.496 e. The molecule has 1 aromatic rings. The van der Waals surface area contributed by atoms with Gasteiger partial charge in [0.1, 0.15) is 11.5 Å². The molecule has 0 saturated carbocycles. The molecule has 1 N–H and O–H groups in total. The zero-order chi connectivity index (χ0) is 13.3. The van der Waals surface area contributed by atoms with Crippen LogP contribution in [0.25, 0.3) is 0 Å². The van der Waals surface area contributed by atoms with Crippen LogP contribution in [0.1, 0.15) is 31.1 Å². The minimum Gasteiger partial charge on any atom is -0.496 e. The van der Waals surface area contributed by atoms with E-state index in [9.17, 15) is 5.11 Å². The zero-order valence-corrected chi connectivity index (χ0v) is 11.4. The summed E-state index contributed by atoms with van der Waals surface area (Å²) in [5.41, 5.74) is 1.90. The molecule has 1 aliphatic heterocycles. The maximum Gasteiger partial charge on any atom is 0.125 e. The van der Waals surface area contributed by atoms with E-state index in [1.54, 1.807) is 14.2 Å². The lowest BCUT2D eigenvalue weighted by atomic mass is 9.94. The molecule has 0 saturated heterocycles. The molecule has 1 aliphatic rings. The smallest absolute Gasteiger partial charge is 0.125 e. The molecule has 0 bridgehead atoms. The van der Waals surface area contributed by atoms with Crippen molar-refractivity contribution in [2.45, 2.75) is 32.5 Å². The molecule has 100 valence electrons. The average molecular weight is 251 g/mol. The van der Waals surface area contributed by atoms with Crippen molar-refractivity contribution in [3.05, 3.63) is 23.3 Å². The number of β-amino-alcohol motifs (C(OH)–C–C–N with tert-alkyl or cyclic N) is 1. The third kappa shape index (κ3) is 2.18. The molecule has 0 radical (unpaired) electrons. The van der Waals surface area contributed by atoms with E-state index in [0.717, 1.165) is 29.2 Å². The van der Waals surface area contributed by atoms with E-state index < -0.39 is 6.10 Å². The van der Waals surface area contributed by atoms with Crippen LogP contribution in [0.15, 0.2) is 12.1 Å². The van der Waals surface area contributed by atoms with Gasteiger partial charge in [0.2, 0.25) is 0 Å². The maximum absolute atomic E-state index is 10.3. The summed E-state index contributed by atoms with van der Waals surface area (Å²) >= 11 is 0. The summed E-state index contributed by atoms with van der Waals surface area (Å²) in [6, 6.07) is 4.14. The van der Waals surface area contributed by atoms with Crippen molar-refractivity contribution in [1.29, 1.82) is 0 Å². The lowest BCUT2D eigenvalue weighted by molar-refractivity contribution is 0.0709. The van der Waals surface area contributed by atoms with Crippen molar-refractivity contribution in [3.63, 3.8) is 0 Å². The van der Waals surface area contributed by atoms with Crippen LogP contribution in [0.4, 0.5) is 0 Å². The summed E-state index contributed by atoms with van der Waals surface area (Å²) in [5, 5.41) is 10.3. The van der Waals surface area contributed by atoms with E-state index in [1.807, 2.05) is 12.1 Å². The Morgan fingerprint density at radius 1 is 1.22 bits per heavy atom. The fraction of sp³-hybridized carbons (Fsp3) is 0.571. The van der Waals surface area contributed by atoms with Crippen LogP contribution in [0.3, 0.4) is 0 Å². The Morgan fingerprint density at radius 2 is 1.83 bits per heavy atom. The number of aliphatic hydroxyl groups excluding tert-OH is 1. The first kappa shape index (κ1) is 13.2. The van der Waals surface area contributed by atoms with Crippen LogP contribution in [0.2, 0.25) is 0 Å². The number of hydrogen-bond donors (Lipinski definition) is 1. The molecule has 1 atom stereocenters. The summed E-state index contributed by atoms with van der Waals surface area (Å²) in [4.78, 5) is 2.23. The normalized spacial score (nSPS) is 19.8. The fourth-order valence-corrected chi connectivity index (χ4v) is 2.50. The number of hydrogen-bond acceptors (Lipinski definition) is 4.